The maximum atomic E-state index is 12.9. The van der Waals surface area contributed by atoms with Crippen molar-refractivity contribution in [1.29, 1.82) is 0 Å². The summed E-state index contributed by atoms with van der Waals surface area (Å²) in [6.45, 7) is 11.0. The lowest BCUT2D eigenvalue weighted by molar-refractivity contribution is -0.123. The summed E-state index contributed by atoms with van der Waals surface area (Å²) in [5.41, 5.74) is 3.71. The first-order valence-electron chi connectivity index (χ1n) is 10.3. The number of aryl methyl sites for hydroxylation is 2. The van der Waals surface area contributed by atoms with Crippen LogP contribution >= 0.6 is 0 Å². The molecule has 1 N–H and O–H groups in total. The third-order valence-corrected chi connectivity index (χ3v) is 5.00. The number of benzene rings is 1. The van der Waals surface area contributed by atoms with E-state index in [2.05, 4.69) is 22.0 Å². The van der Waals surface area contributed by atoms with E-state index in [9.17, 15) is 9.59 Å². The Balaban J connectivity index is 1.99. The van der Waals surface area contributed by atoms with E-state index in [-0.39, 0.29) is 30.3 Å². The van der Waals surface area contributed by atoms with Gasteiger partial charge in [0.05, 0.1) is 20.2 Å². The Bertz CT molecular complexity index is 876. The highest BCUT2D eigenvalue weighted by molar-refractivity contribution is 5.99. The molecule has 30 heavy (non-hydrogen) atoms. The minimum atomic E-state index is -0.281. The molecule has 6 heteroatoms. The Morgan fingerprint density at radius 2 is 1.73 bits per heavy atom. The average molecular weight is 414 g/mol. The summed E-state index contributed by atoms with van der Waals surface area (Å²) in [4.78, 5) is 26.7. The van der Waals surface area contributed by atoms with E-state index in [0.29, 0.717) is 0 Å². The number of methoxy groups -OCH3 is 1. The van der Waals surface area contributed by atoms with Gasteiger partial charge in [-0.15, -0.1) is 0 Å². The van der Waals surface area contributed by atoms with Crippen molar-refractivity contribution < 1.29 is 14.3 Å². The van der Waals surface area contributed by atoms with E-state index in [4.69, 9.17) is 4.74 Å². The van der Waals surface area contributed by atoms with Crippen molar-refractivity contribution in [2.45, 2.75) is 53.1 Å². The molecule has 1 aromatic carbocycles. The molecule has 0 saturated carbocycles. The van der Waals surface area contributed by atoms with Crippen molar-refractivity contribution in [2.75, 3.05) is 27.2 Å². The molecule has 0 spiro atoms. The Kier molecular flexibility index (Phi) is 7.84. The Morgan fingerprint density at radius 3 is 2.30 bits per heavy atom. The highest BCUT2D eigenvalue weighted by Crippen LogP contribution is 2.18. The normalized spacial score (nSPS) is 11.6. The number of likely N-dealkylation sites (N-methyl/N-ethyl adjacent to an activating group) is 1. The van der Waals surface area contributed by atoms with Crippen LogP contribution in [0.25, 0.3) is 0 Å². The molecule has 2 aromatic rings. The van der Waals surface area contributed by atoms with Crippen molar-refractivity contribution in [1.82, 2.24) is 14.8 Å². The maximum Gasteiger partial charge on any atom is 0.234 e. The molecule has 0 fully saturated rings. The summed E-state index contributed by atoms with van der Waals surface area (Å²) in [5.74, 6) is 0.799. The van der Waals surface area contributed by atoms with Crippen molar-refractivity contribution in [3.63, 3.8) is 0 Å². The fourth-order valence-electron chi connectivity index (χ4n) is 3.55. The number of nitrogens with one attached hydrogen (secondary N) is 1. The number of nitrogens with zero attached hydrogens (tertiary/aromatic N) is 2. The molecule has 0 saturated heterocycles. The lowest BCUT2D eigenvalue weighted by atomic mass is 10.1. The van der Waals surface area contributed by atoms with Crippen LogP contribution in [0.3, 0.4) is 0 Å². The number of amides is 1. The van der Waals surface area contributed by atoms with Crippen molar-refractivity contribution in [3.05, 3.63) is 52.8 Å². The zero-order chi connectivity index (χ0) is 22.5. The summed E-state index contributed by atoms with van der Waals surface area (Å²) in [6.07, 6.45) is 0.876. The second-order valence-electron chi connectivity index (χ2n) is 8.93. The third-order valence-electron chi connectivity index (χ3n) is 5.00. The van der Waals surface area contributed by atoms with Crippen LogP contribution in [0.1, 0.15) is 48.1 Å². The zero-order valence-electron chi connectivity index (χ0n) is 19.3. The predicted molar refractivity (Wildman–Crippen MR) is 120 cm³/mol. The molecule has 0 unspecified atom stereocenters. The molecule has 2 rings (SSSR count). The highest BCUT2D eigenvalue weighted by atomic mass is 16.5. The first-order valence-corrected chi connectivity index (χ1v) is 10.3. The summed E-state index contributed by atoms with van der Waals surface area (Å²) >= 11 is 0. The number of ketones is 1. The number of carbonyl (C=O) groups is 2. The molecular weight excluding hydrogens is 378 g/mol. The first kappa shape index (κ1) is 23.7. The number of rotatable bonds is 9. The Hall–Kier alpha value is -2.60. The van der Waals surface area contributed by atoms with Gasteiger partial charge in [0.1, 0.15) is 5.75 Å². The molecule has 0 aliphatic rings. The van der Waals surface area contributed by atoms with Crippen LogP contribution in [0.2, 0.25) is 0 Å². The van der Waals surface area contributed by atoms with Crippen molar-refractivity contribution in [2.24, 2.45) is 0 Å². The van der Waals surface area contributed by atoms with E-state index in [1.54, 1.807) is 19.1 Å². The number of hydrogen-bond acceptors (Lipinski definition) is 4. The third kappa shape index (κ3) is 6.73. The van der Waals surface area contributed by atoms with Crippen LogP contribution in [0.4, 0.5) is 0 Å². The molecule has 0 radical (unpaired) electrons. The van der Waals surface area contributed by atoms with Crippen molar-refractivity contribution >= 4 is 11.7 Å². The standard InChI is InChI=1S/C24H35N3O3/c1-17-14-21(22(28)15-26(6)16-23(29)25-24(3,4)5)18(2)27(17)13-12-19-8-10-20(30-7)11-9-19/h8-11,14H,12-13,15-16H2,1-7H3,(H,25,29). The molecule has 164 valence electrons. The average Bonchev–Trinajstić information content (AvgIpc) is 2.92. The second kappa shape index (κ2) is 9.94. The monoisotopic (exact) mass is 413 g/mol. The predicted octanol–water partition coefficient (Wildman–Crippen LogP) is 3.39. The van der Waals surface area contributed by atoms with E-state index >= 15 is 0 Å². The number of hydrogen-bond donors (Lipinski definition) is 1. The molecule has 6 nitrogen and oxygen atoms in total. The molecule has 0 atom stereocenters. The Labute approximate surface area is 180 Å². The number of carbonyl (C=O) groups excluding carboxylic acids is 2. The van der Waals surface area contributed by atoms with Gasteiger partial charge in [-0.25, -0.2) is 0 Å². The fraction of sp³-hybridized carbons (Fsp3) is 0.500. The van der Waals surface area contributed by atoms with Crippen LogP contribution in [0.15, 0.2) is 30.3 Å². The molecule has 0 aliphatic heterocycles. The number of Topliss-reactive ketones (excluding diaryl/α,β-unsaturated/α-hetero) is 1. The van der Waals surface area contributed by atoms with Gasteiger partial charge in [-0.1, -0.05) is 12.1 Å². The van der Waals surface area contributed by atoms with Gasteiger partial charge in [-0.3, -0.25) is 14.5 Å². The largest absolute Gasteiger partial charge is 0.497 e. The van der Waals surface area contributed by atoms with Gasteiger partial charge >= 0.3 is 0 Å². The second-order valence-corrected chi connectivity index (χ2v) is 8.93. The molecule has 1 amide bonds. The smallest absolute Gasteiger partial charge is 0.234 e. The van der Waals surface area contributed by atoms with Gasteiger partial charge in [-0.05, 0) is 71.8 Å². The molecule has 0 aliphatic carbocycles. The summed E-state index contributed by atoms with van der Waals surface area (Å²) in [6, 6.07) is 10.0. The number of ether oxygens (including phenoxy) is 1. The number of aromatic nitrogens is 1. The topological polar surface area (TPSA) is 63.6 Å². The lowest BCUT2D eigenvalue weighted by Crippen LogP contribution is -2.45. The van der Waals surface area contributed by atoms with Gasteiger partial charge in [0.25, 0.3) is 0 Å². The van der Waals surface area contributed by atoms with Crippen LogP contribution in [0.5, 0.6) is 5.75 Å². The van der Waals surface area contributed by atoms with Gasteiger partial charge in [0.2, 0.25) is 5.91 Å². The summed E-state index contributed by atoms with van der Waals surface area (Å²) < 4.78 is 7.39. The van der Waals surface area contributed by atoms with Gasteiger partial charge < -0.3 is 14.6 Å². The summed E-state index contributed by atoms with van der Waals surface area (Å²) in [5, 5.41) is 2.92. The molecule has 1 aromatic heterocycles. The highest BCUT2D eigenvalue weighted by Gasteiger charge is 2.20. The van der Waals surface area contributed by atoms with Gasteiger partial charge in [0.15, 0.2) is 5.78 Å². The van der Waals surface area contributed by atoms with Crippen molar-refractivity contribution in [3.8, 4) is 5.75 Å². The van der Waals surface area contributed by atoms with Crippen LogP contribution in [0, 0.1) is 13.8 Å². The van der Waals surface area contributed by atoms with Gasteiger partial charge in [-0.2, -0.15) is 0 Å². The van der Waals surface area contributed by atoms with Gasteiger partial charge in [0, 0.05) is 29.0 Å². The van der Waals surface area contributed by atoms with E-state index in [0.717, 1.165) is 35.7 Å². The lowest BCUT2D eigenvalue weighted by Gasteiger charge is -2.23. The minimum Gasteiger partial charge on any atom is -0.497 e. The van der Waals surface area contributed by atoms with Crippen LogP contribution in [-0.4, -0.2) is 53.9 Å². The SMILES string of the molecule is COc1ccc(CCn2c(C)cc(C(=O)CN(C)CC(=O)NC(C)(C)C)c2C)cc1. The quantitative estimate of drug-likeness (QED) is 0.640. The molecule has 0 bridgehead atoms. The summed E-state index contributed by atoms with van der Waals surface area (Å²) in [7, 11) is 3.46. The maximum absolute atomic E-state index is 12.9. The molecular formula is C24H35N3O3. The van der Waals surface area contributed by atoms with Crippen LogP contribution < -0.4 is 10.1 Å². The van der Waals surface area contributed by atoms with E-state index in [1.165, 1.54) is 5.56 Å². The van der Waals surface area contributed by atoms with E-state index < -0.39 is 0 Å². The fourth-order valence-corrected chi connectivity index (χ4v) is 3.55. The first-order chi connectivity index (χ1) is 14.0. The minimum absolute atomic E-state index is 0.0323. The zero-order valence-corrected chi connectivity index (χ0v) is 19.3. The van der Waals surface area contributed by atoms with Crippen LogP contribution in [-0.2, 0) is 17.8 Å². The molecule has 1 heterocycles. The Morgan fingerprint density at radius 1 is 1.10 bits per heavy atom. The van der Waals surface area contributed by atoms with E-state index in [1.807, 2.05) is 52.8 Å².